The molecule has 1 aromatic heterocycles. The molecule has 2 aromatic carbocycles. The van der Waals surface area contributed by atoms with Gasteiger partial charge in [-0.3, -0.25) is 24.6 Å². The molecule has 2 heterocycles. The molecule has 9 heteroatoms. The number of hydrogen-bond acceptors (Lipinski definition) is 6. The number of aliphatic hydroxyl groups is 1. The highest BCUT2D eigenvalue weighted by atomic mass is 35.5. The molecule has 156 valence electrons. The van der Waals surface area contributed by atoms with Crippen molar-refractivity contribution in [2.24, 2.45) is 0 Å². The molecular formula is C22H15ClN2O5S. The number of carbonyl (C=O) groups is 2. The first-order valence-electron chi connectivity index (χ1n) is 9.15. The number of nitro groups is 1. The van der Waals surface area contributed by atoms with Crippen molar-refractivity contribution >= 4 is 51.8 Å². The maximum atomic E-state index is 13.1. The van der Waals surface area contributed by atoms with Gasteiger partial charge in [0, 0.05) is 33.3 Å². The van der Waals surface area contributed by atoms with Gasteiger partial charge >= 0.3 is 0 Å². The lowest BCUT2D eigenvalue weighted by atomic mass is 9.99. The minimum atomic E-state index is -0.892. The van der Waals surface area contributed by atoms with Gasteiger partial charge in [-0.25, -0.2) is 0 Å². The average molecular weight is 455 g/mol. The molecule has 1 unspecified atom stereocenters. The van der Waals surface area contributed by atoms with Crippen molar-refractivity contribution in [2.75, 3.05) is 4.90 Å². The van der Waals surface area contributed by atoms with E-state index in [-0.39, 0.29) is 16.8 Å². The average Bonchev–Trinajstić information content (AvgIpc) is 3.37. The molecule has 0 radical (unpaired) electrons. The van der Waals surface area contributed by atoms with Gasteiger partial charge in [0.25, 0.3) is 17.4 Å². The van der Waals surface area contributed by atoms with E-state index < -0.39 is 28.4 Å². The molecule has 4 rings (SSSR count). The summed E-state index contributed by atoms with van der Waals surface area (Å²) in [5, 5.41) is 24.4. The van der Waals surface area contributed by atoms with Gasteiger partial charge in [-0.15, -0.1) is 11.3 Å². The van der Waals surface area contributed by atoms with Crippen molar-refractivity contribution in [2.45, 2.75) is 13.0 Å². The van der Waals surface area contributed by atoms with Crippen LogP contribution < -0.4 is 4.90 Å². The van der Waals surface area contributed by atoms with Crippen molar-refractivity contribution in [3.8, 4) is 0 Å². The number of rotatable bonds is 4. The van der Waals surface area contributed by atoms with E-state index in [2.05, 4.69) is 0 Å². The number of benzene rings is 2. The molecule has 1 aliphatic heterocycles. The molecule has 0 spiro atoms. The lowest BCUT2D eigenvalue weighted by Crippen LogP contribution is -2.29. The number of hydrogen-bond donors (Lipinski definition) is 1. The molecule has 1 amide bonds. The van der Waals surface area contributed by atoms with Gasteiger partial charge in [0.15, 0.2) is 0 Å². The third-order valence-corrected chi connectivity index (χ3v) is 6.42. The largest absolute Gasteiger partial charge is 0.507 e. The highest BCUT2D eigenvalue weighted by Crippen LogP contribution is 2.45. The molecule has 1 aliphatic rings. The molecule has 1 fully saturated rings. The number of aliphatic hydroxyl groups excluding tert-OH is 1. The summed E-state index contributed by atoms with van der Waals surface area (Å²) in [5.41, 5.74) is 0.773. The van der Waals surface area contributed by atoms with Crippen molar-refractivity contribution in [3.05, 3.63) is 96.7 Å². The molecule has 1 saturated heterocycles. The van der Waals surface area contributed by atoms with Crippen LogP contribution in [-0.2, 0) is 9.59 Å². The van der Waals surface area contributed by atoms with Gasteiger partial charge in [0.05, 0.1) is 10.5 Å². The first-order valence-corrected chi connectivity index (χ1v) is 10.4. The van der Waals surface area contributed by atoms with Gasteiger partial charge in [-0.1, -0.05) is 35.9 Å². The highest BCUT2D eigenvalue weighted by molar-refractivity contribution is 7.10. The van der Waals surface area contributed by atoms with Crippen LogP contribution in [0.2, 0.25) is 5.02 Å². The second-order valence-corrected chi connectivity index (χ2v) is 8.26. The first kappa shape index (κ1) is 20.8. The lowest BCUT2D eigenvalue weighted by molar-refractivity contribution is -0.384. The Morgan fingerprint density at radius 3 is 2.58 bits per heavy atom. The molecule has 1 atom stereocenters. The minimum absolute atomic E-state index is 0.0802. The SMILES string of the molecule is Cc1c(Cl)cccc1N1C(=O)C(=O)/C(=C(\O)c2cccc([N+](=O)[O-])c2)C1c1cccs1. The molecule has 0 saturated carbocycles. The number of amides is 1. The van der Waals surface area contributed by atoms with Crippen LogP contribution in [0.1, 0.15) is 22.0 Å². The normalized spacial score (nSPS) is 17.9. The van der Waals surface area contributed by atoms with E-state index in [1.54, 1.807) is 42.6 Å². The number of thiophene rings is 1. The van der Waals surface area contributed by atoms with Crippen molar-refractivity contribution in [1.82, 2.24) is 0 Å². The Morgan fingerprint density at radius 1 is 1.16 bits per heavy atom. The molecule has 0 aliphatic carbocycles. The van der Waals surface area contributed by atoms with Gasteiger partial charge in [0.1, 0.15) is 11.8 Å². The van der Waals surface area contributed by atoms with E-state index in [1.807, 2.05) is 0 Å². The van der Waals surface area contributed by atoms with Gasteiger partial charge in [0.2, 0.25) is 0 Å². The summed E-state index contributed by atoms with van der Waals surface area (Å²) < 4.78 is 0. The van der Waals surface area contributed by atoms with E-state index in [4.69, 9.17) is 11.6 Å². The third-order valence-electron chi connectivity index (χ3n) is 5.09. The van der Waals surface area contributed by atoms with Crippen LogP contribution in [0.3, 0.4) is 0 Å². The predicted octanol–water partition coefficient (Wildman–Crippen LogP) is 5.24. The van der Waals surface area contributed by atoms with Crippen molar-refractivity contribution < 1.29 is 19.6 Å². The Balaban J connectivity index is 1.96. The number of Topliss-reactive ketones (excluding diaryl/α,β-unsaturated/α-hetero) is 1. The van der Waals surface area contributed by atoms with E-state index in [1.165, 1.54) is 40.5 Å². The number of halogens is 1. The second-order valence-electron chi connectivity index (χ2n) is 6.88. The Bertz CT molecular complexity index is 1250. The van der Waals surface area contributed by atoms with Crippen molar-refractivity contribution in [3.63, 3.8) is 0 Å². The number of nitrogens with zero attached hydrogens (tertiary/aromatic N) is 2. The lowest BCUT2D eigenvalue weighted by Gasteiger charge is -2.26. The Morgan fingerprint density at radius 2 is 1.90 bits per heavy atom. The number of nitro benzene ring substituents is 1. The van der Waals surface area contributed by atoms with Crippen LogP contribution in [0.4, 0.5) is 11.4 Å². The number of ketones is 1. The Labute approximate surface area is 186 Å². The van der Waals surface area contributed by atoms with Crippen LogP contribution in [0.25, 0.3) is 5.76 Å². The van der Waals surface area contributed by atoms with E-state index >= 15 is 0 Å². The van der Waals surface area contributed by atoms with Crippen LogP contribution in [0, 0.1) is 17.0 Å². The fourth-order valence-electron chi connectivity index (χ4n) is 3.58. The summed E-state index contributed by atoms with van der Waals surface area (Å²) in [6.45, 7) is 1.74. The van der Waals surface area contributed by atoms with E-state index in [0.29, 0.717) is 21.2 Å². The van der Waals surface area contributed by atoms with Crippen LogP contribution in [-0.4, -0.2) is 21.7 Å². The van der Waals surface area contributed by atoms with Crippen LogP contribution in [0.15, 0.2) is 65.6 Å². The summed E-state index contributed by atoms with van der Waals surface area (Å²) >= 11 is 7.57. The minimum Gasteiger partial charge on any atom is -0.507 e. The summed E-state index contributed by atoms with van der Waals surface area (Å²) in [7, 11) is 0. The topological polar surface area (TPSA) is 101 Å². The van der Waals surface area contributed by atoms with Crippen molar-refractivity contribution in [1.29, 1.82) is 0 Å². The summed E-state index contributed by atoms with van der Waals surface area (Å²) in [6.07, 6.45) is 0. The van der Waals surface area contributed by atoms with Gasteiger partial charge in [-0.2, -0.15) is 0 Å². The molecule has 31 heavy (non-hydrogen) atoms. The Kier molecular flexibility index (Phi) is 5.34. The first-order chi connectivity index (χ1) is 14.8. The standard InChI is InChI=1S/C22H15ClN2O5S/c1-12-15(23)7-3-8-16(12)24-19(17-9-4-10-31-17)18(21(27)22(24)28)20(26)13-5-2-6-14(11-13)25(29)30/h2-11,19,26H,1H3/b20-18-. The monoisotopic (exact) mass is 454 g/mol. The fraction of sp³-hybridized carbons (Fsp3) is 0.0909. The molecule has 1 N–H and O–H groups in total. The zero-order valence-corrected chi connectivity index (χ0v) is 17.7. The van der Waals surface area contributed by atoms with Crippen LogP contribution in [0.5, 0.6) is 0 Å². The Hall–Kier alpha value is -3.49. The zero-order chi connectivity index (χ0) is 22.3. The predicted molar refractivity (Wildman–Crippen MR) is 118 cm³/mol. The fourth-order valence-corrected chi connectivity index (χ4v) is 4.57. The van der Waals surface area contributed by atoms with Gasteiger partial charge in [-0.05, 0) is 36.1 Å². The second kappa shape index (κ2) is 7.98. The van der Waals surface area contributed by atoms with Crippen LogP contribution >= 0.6 is 22.9 Å². The summed E-state index contributed by atoms with van der Waals surface area (Å²) in [4.78, 5) is 38.7. The highest BCUT2D eigenvalue weighted by Gasteiger charge is 2.48. The maximum Gasteiger partial charge on any atom is 0.300 e. The quantitative estimate of drug-likeness (QED) is 0.191. The van der Waals surface area contributed by atoms with Gasteiger partial charge < -0.3 is 5.11 Å². The maximum absolute atomic E-state index is 13.1. The zero-order valence-electron chi connectivity index (χ0n) is 16.1. The van der Waals surface area contributed by atoms with E-state index in [9.17, 15) is 24.8 Å². The smallest absolute Gasteiger partial charge is 0.300 e. The number of non-ortho nitro benzene ring substituents is 1. The molecular weight excluding hydrogens is 440 g/mol. The molecule has 0 bridgehead atoms. The molecule has 7 nitrogen and oxygen atoms in total. The summed E-state index contributed by atoms with van der Waals surface area (Å²) in [6, 6.07) is 13.0. The third kappa shape index (κ3) is 3.49. The summed E-state index contributed by atoms with van der Waals surface area (Å²) in [5.74, 6) is -2.15. The number of carbonyl (C=O) groups excluding carboxylic acids is 2. The number of anilines is 1. The van der Waals surface area contributed by atoms with E-state index in [0.717, 1.165) is 0 Å². The molecule has 3 aromatic rings.